The molecule has 0 radical (unpaired) electrons. The molecule has 5 heteroatoms. The van der Waals surface area contributed by atoms with Crippen molar-refractivity contribution in [1.29, 1.82) is 0 Å². The Balaban J connectivity index is 1.43. The van der Waals surface area contributed by atoms with Gasteiger partial charge in [0.2, 0.25) is 5.91 Å². The average molecular weight is 363 g/mol. The summed E-state index contributed by atoms with van der Waals surface area (Å²) in [4.78, 5) is 14.9. The third kappa shape index (κ3) is 3.82. The Morgan fingerprint density at radius 3 is 2.59 bits per heavy atom. The van der Waals surface area contributed by atoms with Crippen LogP contribution in [0, 0.1) is 13.8 Å². The SMILES string of the molecule is Cc1cc(C)c2onc(CC(=O)Nc3ccc(N4CCCCC4)cc3)c2c1. The fraction of sp³-hybridized carbons (Fsp3) is 0.364. The lowest BCUT2D eigenvalue weighted by molar-refractivity contribution is -0.115. The number of carbonyl (C=O) groups is 1. The first-order valence-corrected chi connectivity index (χ1v) is 9.60. The highest BCUT2D eigenvalue weighted by Crippen LogP contribution is 2.25. The molecule has 0 atom stereocenters. The number of piperidine rings is 1. The predicted octanol–water partition coefficient (Wildman–Crippen LogP) is 4.62. The summed E-state index contributed by atoms with van der Waals surface area (Å²) in [6.07, 6.45) is 4.02. The van der Waals surface area contributed by atoms with Gasteiger partial charge in [0.1, 0.15) is 5.69 Å². The summed E-state index contributed by atoms with van der Waals surface area (Å²) in [7, 11) is 0. The molecule has 1 saturated heterocycles. The lowest BCUT2D eigenvalue weighted by atomic mass is 10.1. The van der Waals surface area contributed by atoms with Gasteiger partial charge in [0.05, 0.1) is 6.42 Å². The molecule has 1 aromatic heterocycles. The number of hydrogen-bond acceptors (Lipinski definition) is 4. The third-order valence-corrected chi connectivity index (χ3v) is 5.18. The molecule has 5 nitrogen and oxygen atoms in total. The number of nitrogens with zero attached hydrogens (tertiary/aromatic N) is 2. The van der Waals surface area contributed by atoms with Crippen molar-refractivity contribution >= 4 is 28.3 Å². The van der Waals surface area contributed by atoms with Gasteiger partial charge in [-0.2, -0.15) is 0 Å². The number of anilines is 2. The van der Waals surface area contributed by atoms with Crippen LogP contribution in [0.5, 0.6) is 0 Å². The molecule has 1 aliphatic rings. The Hall–Kier alpha value is -2.82. The highest BCUT2D eigenvalue weighted by Gasteiger charge is 2.15. The summed E-state index contributed by atoms with van der Waals surface area (Å²) in [5, 5.41) is 8.00. The van der Waals surface area contributed by atoms with E-state index >= 15 is 0 Å². The lowest BCUT2D eigenvalue weighted by Crippen LogP contribution is -2.29. The summed E-state index contributed by atoms with van der Waals surface area (Å²) in [5.41, 5.74) is 5.64. The zero-order valence-electron chi connectivity index (χ0n) is 15.9. The standard InChI is InChI=1S/C22H25N3O2/c1-15-12-16(2)22-19(13-15)20(24-27-22)14-21(26)23-17-6-8-18(9-7-17)25-10-4-3-5-11-25/h6-9,12-13H,3-5,10-11,14H2,1-2H3,(H,23,26). The monoisotopic (exact) mass is 363 g/mol. The molecular formula is C22H25N3O2. The molecule has 0 aliphatic carbocycles. The van der Waals surface area contributed by atoms with E-state index in [1.54, 1.807) is 0 Å². The van der Waals surface area contributed by atoms with E-state index in [2.05, 4.69) is 33.6 Å². The summed E-state index contributed by atoms with van der Waals surface area (Å²) >= 11 is 0. The number of fused-ring (bicyclic) bond motifs is 1. The van der Waals surface area contributed by atoms with Crippen LogP contribution >= 0.6 is 0 Å². The number of aromatic nitrogens is 1. The molecule has 27 heavy (non-hydrogen) atoms. The van der Waals surface area contributed by atoms with Crippen LogP contribution in [0.2, 0.25) is 0 Å². The minimum Gasteiger partial charge on any atom is -0.372 e. The fourth-order valence-electron chi connectivity index (χ4n) is 3.83. The molecule has 4 rings (SSSR count). The van der Waals surface area contributed by atoms with Gasteiger partial charge in [-0.3, -0.25) is 4.79 Å². The van der Waals surface area contributed by atoms with Crippen molar-refractivity contribution in [3.05, 3.63) is 53.2 Å². The van der Waals surface area contributed by atoms with Crippen molar-refractivity contribution in [2.45, 2.75) is 39.5 Å². The van der Waals surface area contributed by atoms with Gasteiger partial charge in [-0.25, -0.2) is 0 Å². The molecule has 0 bridgehead atoms. The second-order valence-electron chi connectivity index (χ2n) is 7.41. The molecule has 1 aliphatic heterocycles. The molecule has 0 saturated carbocycles. The highest BCUT2D eigenvalue weighted by atomic mass is 16.5. The summed E-state index contributed by atoms with van der Waals surface area (Å²) < 4.78 is 5.43. The molecular weight excluding hydrogens is 338 g/mol. The quantitative estimate of drug-likeness (QED) is 0.735. The zero-order valence-corrected chi connectivity index (χ0v) is 15.9. The number of amides is 1. The Morgan fingerprint density at radius 2 is 1.85 bits per heavy atom. The Bertz CT molecular complexity index is 954. The molecule has 1 fully saturated rings. The summed E-state index contributed by atoms with van der Waals surface area (Å²) in [5.74, 6) is -0.0879. The van der Waals surface area contributed by atoms with Gasteiger partial charge >= 0.3 is 0 Å². The lowest BCUT2D eigenvalue weighted by Gasteiger charge is -2.28. The maximum atomic E-state index is 12.5. The van der Waals surface area contributed by atoms with Crippen LogP contribution in [0.15, 0.2) is 40.9 Å². The number of aryl methyl sites for hydroxylation is 2. The van der Waals surface area contributed by atoms with Crippen molar-refractivity contribution < 1.29 is 9.32 Å². The van der Waals surface area contributed by atoms with Gasteiger partial charge < -0.3 is 14.7 Å². The van der Waals surface area contributed by atoms with Crippen LogP contribution in [0.1, 0.15) is 36.1 Å². The molecule has 1 amide bonds. The first-order valence-electron chi connectivity index (χ1n) is 9.60. The Kier molecular flexibility index (Phi) is 4.84. The molecule has 1 N–H and O–H groups in total. The van der Waals surface area contributed by atoms with E-state index in [4.69, 9.17) is 4.52 Å². The van der Waals surface area contributed by atoms with Gasteiger partial charge in [0.25, 0.3) is 0 Å². The summed E-state index contributed by atoms with van der Waals surface area (Å²) in [6.45, 7) is 6.26. The van der Waals surface area contributed by atoms with E-state index in [9.17, 15) is 4.79 Å². The van der Waals surface area contributed by atoms with Crippen molar-refractivity contribution in [1.82, 2.24) is 5.16 Å². The van der Waals surface area contributed by atoms with E-state index in [1.165, 1.54) is 24.9 Å². The zero-order chi connectivity index (χ0) is 18.8. The molecule has 0 unspecified atom stereocenters. The molecule has 0 spiro atoms. The van der Waals surface area contributed by atoms with Crippen molar-refractivity contribution in [2.75, 3.05) is 23.3 Å². The maximum absolute atomic E-state index is 12.5. The van der Waals surface area contributed by atoms with Gasteiger partial charge in [-0.05, 0) is 74.6 Å². The van der Waals surface area contributed by atoms with Gasteiger partial charge in [-0.1, -0.05) is 11.2 Å². The van der Waals surface area contributed by atoms with E-state index in [0.29, 0.717) is 5.69 Å². The third-order valence-electron chi connectivity index (χ3n) is 5.18. The van der Waals surface area contributed by atoms with Crippen LogP contribution in [0.25, 0.3) is 11.0 Å². The normalized spacial score (nSPS) is 14.5. The van der Waals surface area contributed by atoms with Crippen molar-refractivity contribution in [2.24, 2.45) is 0 Å². The first-order chi connectivity index (χ1) is 13.1. The molecule has 3 aromatic rings. The van der Waals surface area contributed by atoms with Crippen molar-refractivity contribution in [3.8, 4) is 0 Å². The molecule has 2 aromatic carbocycles. The average Bonchev–Trinajstić information content (AvgIpc) is 3.06. The van der Waals surface area contributed by atoms with Crippen LogP contribution in [0.4, 0.5) is 11.4 Å². The number of carbonyl (C=O) groups excluding carboxylic acids is 1. The topological polar surface area (TPSA) is 58.4 Å². The predicted molar refractivity (Wildman–Crippen MR) is 108 cm³/mol. The van der Waals surface area contributed by atoms with Crippen molar-refractivity contribution in [3.63, 3.8) is 0 Å². The van der Waals surface area contributed by atoms with Gasteiger partial charge in [-0.15, -0.1) is 0 Å². The van der Waals surface area contributed by atoms with Crippen LogP contribution in [0.3, 0.4) is 0 Å². The van der Waals surface area contributed by atoms with E-state index < -0.39 is 0 Å². The largest absolute Gasteiger partial charge is 0.372 e. The molecule has 2 heterocycles. The number of benzene rings is 2. The maximum Gasteiger partial charge on any atom is 0.230 e. The molecule has 140 valence electrons. The van der Waals surface area contributed by atoms with Crippen LogP contribution in [-0.4, -0.2) is 24.2 Å². The highest BCUT2D eigenvalue weighted by molar-refractivity contribution is 5.95. The fourth-order valence-corrected chi connectivity index (χ4v) is 3.83. The second-order valence-corrected chi connectivity index (χ2v) is 7.41. The Labute approximate surface area is 159 Å². The first kappa shape index (κ1) is 17.6. The Morgan fingerprint density at radius 1 is 1.11 bits per heavy atom. The number of hydrogen-bond donors (Lipinski definition) is 1. The smallest absolute Gasteiger partial charge is 0.230 e. The van der Waals surface area contributed by atoms with Gasteiger partial charge in [0, 0.05) is 29.9 Å². The minimum absolute atomic E-state index is 0.0879. The van der Waals surface area contributed by atoms with Crippen LogP contribution < -0.4 is 10.2 Å². The second kappa shape index (κ2) is 7.43. The number of rotatable bonds is 4. The van der Waals surface area contributed by atoms with Crippen LogP contribution in [-0.2, 0) is 11.2 Å². The summed E-state index contributed by atoms with van der Waals surface area (Å²) in [6, 6.07) is 12.2. The minimum atomic E-state index is -0.0879. The number of nitrogens with one attached hydrogen (secondary N) is 1. The van der Waals surface area contributed by atoms with E-state index in [0.717, 1.165) is 40.9 Å². The van der Waals surface area contributed by atoms with Gasteiger partial charge in [0.15, 0.2) is 5.58 Å². The van der Waals surface area contributed by atoms with E-state index in [-0.39, 0.29) is 12.3 Å². The van der Waals surface area contributed by atoms with E-state index in [1.807, 2.05) is 32.0 Å².